The molecule has 0 saturated carbocycles. The highest BCUT2D eigenvalue weighted by Crippen LogP contribution is 2.24. The van der Waals surface area contributed by atoms with Crippen LogP contribution in [0.3, 0.4) is 0 Å². The first-order valence-corrected chi connectivity index (χ1v) is 7.75. The number of aryl methyl sites for hydroxylation is 1. The lowest BCUT2D eigenvalue weighted by Gasteiger charge is -2.09. The maximum atomic E-state index is 12.4. The first-order valence-electron chi connectivity index (χ1n) is 5.72. The molecule has 0 saturated heterocycles. The van der Waals surface area contributed by atoms with Crippen molar-refractivity contribution < 1.29 is 8.42 Å². The van der Waals surface area contributed by atoms with Gasteiger partial charge in [0.1, 0.15) is 0 Å². The van der Waals surface area contributed by atoms with Gasteiger partial charge in [0.15, 0.2) is 9.84 Å². The minimum Gasteiger partial charge on any atom is -0.398 e. The molecule has 0 aromatic heterocycles. The molecule has 0 atom stereocenters. The van der Waals surface area contributed by atoms with Gasteiger partial charge in [0.25, 0.3) is 0 Å². The first-order chi connectivity index (χ1) is 8.90. The van der Waals surface area contributed by atoms with Gasteiger partial charge >= 0.3 is 0 Å². The van der Waals surface area contributed by atoms with Crippen LogP contribution < -0.4 is 5.73 Å². The highest BCUT2D eigenvalue weighted by molar-refractivity contribution is 7.90. The second kappa shape index (κ2) is 5.23. The summed E-state index contributed by atoms with van der Waals surface area (Å²) in [6, 6.07) is 11.7. The van der Waals surface area contributed by atoms with Crippen LogP contribution in [-0.2, 0) is 15.6 Å². The van der Waals surface area contributed by atoms with Crippen LogP contribution in [0, 0.1) is 6.92 Å². The second-order valence-corrected chi connectivity index (χ2v) is 6.76. The molecular formula is C14H14ClNO2S. The number of nitrogen functional groups attached to an aromatic ring is 1. The normalized spacial score (nSPS) is 11.5. The van der Waals surface area contributed by atoms with Crippen molar-refractivity contribution in [1.82, 2.24) is 0 Å². The number of halogens is 1. The lowest BCUT2D eigenvalue weighted by molar-refractivity contribution is 0.594. The topological polar surface area (TPSA) is 60.2 Å². The molecule has 0 bridgehead atoms. The van der Waals surface area contributed by atoms with Crippen LogP contribution in [0.5, 0.6) is 0 Å². The van der Waals surface area contributed by atoms with E-state index in [2.05, 4.69) is 0 Å². The van der Waals surface area contributed by atoms with E-state index in [1.807, 2.05) is 6.07 Å². The van der Waals surface area contributed by atoms with E-state index in [9.17, 15) is 8.42 Å². The predicted molar refractivity (Wildman–Crippen MR) is 77.9 cm³/mol. The summed E-state index contributed by atoms with van der Waals surface area (Å²) in [6.45, 7) is 1.77. The Bertz CT molecular complexity index is 711. The highest BCUT2D eigenvalue weighted by Gasteiger charge is 2.18. The Labute approximate surface area is 117 Å². The fourth-order valence-corrected chi connectivity index (χ4v) is 3.74. The monoisotopic (exact) mass is 295 g/mol. The molecule has 2 rings (SSSR count). The maximum Gasteiger partial charge on any atom is 0.182 e. The Morgan fingerprint density at radius 1 is 1.16 bits per heavy atom. The number of benzene rings is 2. The van der Waals surface area contributed by atoms with Crippen molar-refractivity contribution in [2.45, 2.75) is 17.6 Å². The summed E-state index contributed by atoms with van der Waals surface area (Å²) in [5.41, 5.74) is 7.47. The summed E-state index contributed by atoms with van der Waals surface area (Å²) in [6.07, 6.45) is 0. The van der Waals surface area contributed by atoms with E-state index in [-0.39, 0.29) is 5.75 Å². The molecule has 0 fully saturated rings. The summed E-state index contributed by atoms with van der Waals surface area (Å²) in [7, 11) is -3.42. The number of sulfone groups is 1. The fraction of sp³-hybridized carbons (Fsp3) is 0.143. The van der Waals surface area contributed by atoms with Crippen molar-refractivity contribution in [2.75, 3.05) is 5.73 Å². The maximum absolute atomic E-state index is 12.4. The van der Waals surface area contributed by atoms with Crippen LogP contribution in [-0.4, -0.2) is 8.42 Å². The Hall–Kier alpha value is -1.52. The van der Waals surface area contributed by atoms with Crippen molar-refractivity contribution in [3.63, 3.8) is 0 Å². The third kappa shape index (κ3) is 3.08. The molecule has 0 amide bonds. The molecule has 100 valence electrons. The molecule has 19 heavy (non-hydrogen) atoms. The molecule has 2 aromatic rings. The van der Waals surface area contributed by atoms with Gasteiger partial charge in [0, 0.05) is 10.7 Å². The number of hydrogen-bond acceptors (Lipinski definition) is 3. The smallest absolute Gasteiger partial charge is 0.182 e. The van der Waals surface area contributed by atoms with Gasteiger partial charge in [-0.3, -0.25) is 0 Å². The van der Waals surface area contributed by atoms with Gasteiger partial charge in [-0.2, -0.15) is 0 Å². The minimum absolute atomic E-state index is 0.149. The van der Waals surface area contributed by atoms with Crippen LogP contribution in [0.25, 0.3) is 0 Å². The molecule has 3 nitrogen and oxygen atoms in total. The average molecular weight is 296 g/mol. The van der Waals surface area contributed by atoms with Gasteiger partial charge in [-0.15, -0.1) is 0 Å². The van der Waals surface area contributed by atoms with Crippen LogP contribution in [0.4, 0.5) is 5.69 Å². The molecule has 5 heteroatoms. The molecule has 2 N–H and O–H groups in total. The quantitative estimate of drug-likeness (QED) is 0.885. The van der Waals surface area contributed by atoms with Crippen molar-refractivity contribution >= 4 is 27.1 Å². The van der Waals surface area contributed by atoms with Crippen molar-refractivity contribution in [1.29, 1.82) is 0 Å². The molecule has 0 aliphatic rings. The van der Waals surface area contributed by atoms with Gasteiger partial charge in [-0.25, -0.2) is 8.42 Å². The highest BCUT2D eigenvalue weighted by atomic mass is 35.5. The molecule has 0 heterocycles. The molecule has 0 aliphatic carbocycles. The van der Waals surface area contributed by atoms with Crippen LogP contribution in [0.1, 0.15) is 11.1 Å². The molecule has 2 aromatic carbocycles. The molecule has 0 radical (unpaired) electrons. The standard InChI is InChI=1S/C14H14ClNO2S/c1-10-4-2-3-5-14(10)19(17,18)9-11-8-12(15)6-7-13(11)16/h2-8H,9,16H2,1H3. The Morgan fingerprint density at radius 2 is 1.84 bits per heavy atom. The predicted octanol–water partition coefficient (Wildman–Crippen LogP) is 3.20. The van der Waals surface area contributed by atoms with Crippen molar-refractivity contribution in [3.8, 4) is 0 Å². The Balaban J connectivity index is 2.43. The third-order valence-corrected chi connectivity index (χ3v) is 4.93. The molecule has 0 aliphatic heterocycles. The van der Waals surface area contributed by atoms with Crippen LogP contribution in [0.2, 0.25) is 5.02 Å². The van der Waals surface area contributed by atoms with Crippen LogP contribution >= 0.6 is 11.6 Å². The number of anilines is 1. The minimum atomic E-state index is -3.42. The lowest BCUT2D eigenvalue weighted by atomic mass is 10.2. The average Bonchev–Trinajstić information content (AvgIpc) is 2.34. The van der Waals surface area contributed by atoms with Gasteiger partial charge in [0.05, 0.1) is 10.6 Å². The summed E-state index contributed by atoms with van der Waals surface area (Å²) >= 11 is 5.87. The first kappa shape index (κ1) is 13.9. The van der Waals surface area contributed by atoms with E-state index < -0.39 is 9.84 Å². The molecule has 0 unspecified atom stereocenters. The second-order valence-electron chi connectivity index (χ2n) is 4.37. The van der Waals surface area contributed by atoms with E-state index in [0.717, 1.165) is 5.56 Å². The van der Waals surface area contributed by atoms with Gasteiger partial charge in [-0.1, -0.05) is 29.8 Å². The summed E-state index contributed by atoms with van der Waals surface area (Å²) < 4.78 is 24.8. The SMILES string of the molecule is Cc1ccccc1S(=O)(=O)Cc1cc(Cl)ccc1N. The number of hydrogen-bond donors (Lipinski definition) is 1. The van der Waals surface area contributed by atoms with E-state index in [1.165, 1.54) is 0 Å². The van der Waals surface area contributed by atoms with Crippen molar-refractivity contribution in [3.05, 3.63) is 58.6 Å². The van der Waals surface area contributed by atoms with Crippen LogP contribution in [0.15, 0.2) is 47.4 Å². The molecule has 0 spiro atoms. The summed E-state index contributed by atoms with van der Waals surface area (Å²) in [4.78, 5) is 0.328. The largest absolute Gasteiger partial charge is 0.398 e. The zero-order valence-corrected chi connectivity index (χ0v) is 12.0. The van der Waals surface area contributed by atoms with Gasteiger partial charge in [-0.05, 0) is 42.3 Å². The fourth-order valence-electron chi connectivity index (χ4n) is 1.89. The third-order valence-electron chi connectivity index (χ3n) is 2.88. The summed E-state index contributed by atoms with van der Waals surface area (Å²) in [5.74, 6) is -0.149. The Kier molecular flexibility index (Phi) is 3.83. The van der Waals surface area contributed by atoms with Gasteiger partial charge < -0.3 is 5.73 Å². The van der Waals surface area contributed by atoms with Crippen molar-refractivity contribution in [2.24, 2.45) is 0 Å². The number of rotatable bonds is 3. The summed E-state index contributed by atoms with van der Waals surface area (Å²) in [5, 5.41) is 0.476. The zero-order chi connectivity index (χ0) is 14.0. The number of nitrogens with two attached hydrogens (primary N) is 1. The lowest BCUT2D eigenvalue weighted by Crippen LogP contribution is -2.08. The van der Waals surface area contributed by atoms with E-state index in [0.29, 0.717) is 21.2 Å². The Morgan fingerprint density at radius 3 is 2.53 bits per heavy atom. The van der Waals surface area contributed by atoms with Gasteiger partial charge in [0.2, 0.25) is 0 Å². The van der Waals surface area contributed by atoms with E-state index >= 15 is 0 Å². The zero-order valence-electron chi connectivity index (χ0n) is 10.4. The van der Waals surface area contributed by atoms with E-state index in [4.69, 9.17) is 17.3 Å². The molecular weight excluding hydrogens is 282 g/mol. The van der Waals surface area contributed by atoms with E-state index in [1.54, 1.807) is 43.3 Å².